The number of thiocarbonyl (C=S) groups is 1. The lowest BCUT2D eigenvalue weighted by Crippen LogP contribution is -2.38. The van der Waals surface area contributed by atoms with E-state index in [0.29, 0.717) is 11.7 Å². The maximum absolute atomic E-state index is 10.9. The Balaban J connectivity index is 3.62. The fourth-order valence-electron chi connectivity index (χ4n) is 0.430. The topological polar surface area (TPSA) is 41.6 Å². The van der Waals surface area contributed by atoms with E-state index in [0.717, 1.165) is 6.42 Å². The fraction of sp³-hybridized carbons (Fsp3) is 0.714. The summed E-state index contributed by atoms with van der Waals surface area (Å²) in [5, 5.41) is 2.77. The molecule has 0 saturated carbocycles. The van der Waals surface area contributed by atoms with Gasteiger partial charge in [-0.15, -0.1) is 0 Å². The zero-order valence-corrected chi connectivity index (χ0v) is 8.40. The lowest BCUT2D eigenvalue weighted by atomic mass is 10.5. The van der Waals surface area contributed by atoms with Crippen LogP contribution in [0.2, 0.25) is 0 Å². The maximum Gasteiger partial charge on any atom is 0.413 e. The molecule has 4 nitrogen and oxygen atoms in total. The van der Waals surface area contributed by atoms with Crippen molar-refractivity contribution in [3.8, 4) is 0 Å². The van der Waals surface area contributed by atoms with Crippen LogP contribution in [-0.2, 0) is 4.74 Å². The van der Waals surface area contributed by atoms with Crippen molar-refractivity contribution in [3.05, 3.63) is 0 Å². The quantitative estimate of drug-likeness (QED) is 0.659. The van der Waals surface area contributed by atoms with E-state index < -0.39 is 6.09 Å². The van der Waals surface area contributed by atoms with Gasteiger partial charge in [0.1, 0.15) is 0 Å². The van der Waals surface area contributed by atoms with E-state index in [1.54, 1.807) is 19.0 Å². The number of alkyl carbamates (subject to hydrolysis) is 1. The molecule has 70 valence electrons. The molecule has 0 aromatic carbocycles. The molecular weight excluding hydrogens is 176 g/mol. The number of ether oxygens (including phenoxy) is 1. The summed E-state index contributed by atoms with van der Waals surface area (Å²) in [4.78, 5) is 12.5. The number of rotatable bonds is 2. The average Bonchev–Trinajstić information content (AvgIpc) is 2.00. The second kappa shape index (κ2) is 5.77. The third-order valence-corrected chi connectivity index (χ3v) is 1.52. The molecule has 5 heteroatoms. The molecule has 0 radical (unpaired) electrons. The molecule has 1 N–H and O–H groups in total. The van der Waals surface area contributed by atoms with Crippen molar-refractivity contribution in [1.82, 2.24) is 10.2 Å². The van der Waals surface area contributed by atoms with Gasteiger partial charge >= 0.3 is 6.09 Å². The van der Waals surface area contributed by atoms with Crippen molar-refractivity contribution in [1.29, 1.82) is 0 Å². The summed E-state index contributed by atoms with van der Waals surface area (Å²) < 4.78 is 4.75. The zero-order valence-electron chi connectivity index (χ0n) is 7.59. The Labute approximate surface area is 77.9 Å². The molecule has 0 aliphatic carbocycles. The number of hydrogen-bond acceptors (Lipinski definition) is 3. The van der Waals surface area contributed by atoms with E-state index in [1.165, 1.54) is 0 Å². The second-order valence-corrected chi connectivity index (χ2v) is 2.85. The van der Waals surface area contributed by atoms with Gasteiger partial charge in [-0.2, -0.15) is 0 Å². The Hall–Kier alpha value is -0.840. The first-order valence-corrected chi connectivity index (χ1v) is 4.13. The van der Waals surface area contributed by atoms with Crippen molar-refractivity contribution in [2.45, 2.75) is 13.3 Å². The Morgan fingerprint density at radius 1 is 1.58 bits per heavy atom. The summed E-state index contributed by atoms with van der Waals surface area (Å²) in [5.74, 6) is 0. The summed E-state index contributed by atoms with van der Waals surface area (Å²) in [6, 6.07) is 0. The van der Waals surface area contributed by atoms with E-state index in [1.807, 2.05) is 6.92 Å². The monoisotopic (exact) mass is 190 g/mol. The van der Waals surface area contributed by atoms with Crippen LogP contribution in [0, 0.1) is 0 Å². The van der Waals surface area contributed by atoms with Gasteiger partial charge in [0.05, 0.1) is 6.61 Å². The van der Waals surface area contributed by atoms with Crippen molar-refractivity contribution in [2.75, 3.05) is 20.7 Å². The first-order chi connectivity index (χ1) is 5.57. The maximum atomic E-state index is 10.9. The molecule has 0 unspecified atom stereocenters. The Bertz CT molecular complexity index is 171. The summed E-state index contributed by atoms with van der Waals surface area (Å²) in [7, 11) is 3.50. The van der Waals surface area contributed by atoms with Gasteiger partial charge < -0.3 is 9.64 Å². The molecule has 0 aromatic rings. The lowest BCUT2D eigenvalue weighted by molar-refractivity contribution is 0.151. The van der Waals surface area contributed by atoms with Gasteiger partial charge in [0.25, 0.3) is 0 Å². The van der Waals surface area contributed by atoms with Gasteiger partial charge in [0.2, 0.25) is 0 Å². The summed E-state index contributed by atoms with van der Waals surface area (Å²) in [5.41, 5.74) is 0. The van der Waals surface area contributed by atoms with Crippen LogP contribution in [0.25, 0.3) is 0 Å². The second-order valence-electron chi connectivity index (χ2n) is 2.46. The lowest BCUT2D eigenvalue weighted by Gasteiger charge is -2.13. The van der Waals surface area contributed by atoms with Gasteiger partial charge in [0, 0.05) is 14.1 Å². The molecule has 0 aliphatic rings. The predicted octanol–water partition coefficient (Wildman–Crippen LogP) is 0.969. The van der Waals surface area contributed by atoms with Gasteiger partial charge in [-0.3, -0.25) is 5.32 Å². The molecule has 0 saturated heterocycles. The summed E-state index contributed by atoms with van der Waals surface area (Å²) in [6.45, 7) is 2.35. The van der Waals surface area contributed by atoms with Crippen molar-refractivity contribution in [2.24, 2.45) is 0 Å². The van der Waals surface area contributed by atoms with E-state index in [-0.39, 0.29) is 0 Å². The van der Waals surface area contributed by atoms with Crippen molar-refractivity contribution < 1.29 is 9.53 Å². The molecule has 0 aliphatic heterocycles. The average molecular weight is 190 g/mol. The van der Waals surface area contributed by atoms with Crippen LogP contribution in [0.5, 0.6) is 0 Å². The Kier molecular flexibility index (Phi) is 5.36. The summed E-state index contributed by atoms with van der Waals surface area (Å²) >= 11 is 4.82. The first kappa shape index (κ1) is 11.2. The number of amides is 1. The Morgan fingerprint density at radius 3 is 2.58 bits per heavy atom. The molecule has 1 amide bonds. The van der Waals surface area contributed by atoms with Crippen LogP contribution in [0.1, 0.15) is 13.3 Å². The van der Waals surface area contributed by atoms with E-state index >= 15 is 0 Å². The molecule has 0 aromatic heterocycles. The minimum Gasteiger partial charge on any atom is -0.449 e. The number of hydrogen-bond donors (Lipinski definition) is 1. The van der Waals surface area contributed by atoms with Crippen molar-refractivity contribution in [3.63, 3.8) is 0 Å². The molecule has 0 atom stereocenters. The smallest absolute Gasteiger partial charge is 0.413 e. The van der Waals surface area contributed by atoms with Crippen LogP contribution in [-0.4, -0.2) is 36.8 Å². The third-order valence-electron chi connectivity index (χ3n) is 1.05. The SMILES string of the molecule is CCCOC(=O)NC(=S)N(C)C. The number of carbonyl (C=O) groups excluding carboxylic acids is 1. The highest BCUT2D eigenvalue weighted by Gasteiger charge is 2.05. The van der Waals surface area contributed by atoms with E-state index in [4.69, 9.17) is 17.0 Å². The third kappa shape index (κ3) is 4.90. The molecule has 0 bridgehead atoms. The first-order valence-electron chi connectivity index (χ1n) is 3.73. The highest BCUT2D eigenvalue weighted by atomic mass is 32.1. The van der Waals surface area contributed by atoms with Crippen LogP contribution < -0.4 is 5.32 Å². The van der Waals surface area contributed by atoms with Crippen molar-refractivity contribution >= 4 is 23.4 Å². The predicted molar refractivity (Wildman–Crippen MR) is 51.1 cm³/mol. The zero-order chi connectivity index (χ0) is 9.56. The normalized spacial score (nSPS) is 8.92. The standard InChI is InChI=1S/C7H14N2O2S/c1-4-5-11-7(10)8-6(12)9(2)3/h4-5H2,1-3H3,(H,8,10,12). The molecule has 12 heavy (non-hydrogen) atoms. The number of nitrogens with zero attached hydrogens (tertiary/aromatic N) is 1. The molecular formula is C7H14N2O2S. The van der Waals surface area contributed by atoms with E-state index in [9.17, 15) is 4.79 Å². The van der Waals surface area contributed by atoms with Crippen LogP contribution >= 0.6 is 12.2 Å². The Morgan fingerprint density at radius 2 is 2.17 bits per heavy atom. The summed E-state index contributed by atoms with van der Waals surface area (Å²) in [6.07, 6.45) is 0.317. The highest BCUT2D eigenvalue weighted by Crippen LogP contribution is 1.84. The number of nitrogens with one attached hydrogen (secondary N) is 1. The molecule has 0 rings (SSSR count). The van der Waals surface area contributed by atoms with Crippen LogP contribution in [0.4, 0.5) is 4.79 Å². The fourth-order valence-corrected chi connectivity index (χ4v) is 0.513. The molecule has 0 spiro atoms. The highest BCUT2D eigenvalue weighted by molar-refractivity contribution is 7.80. The van der Waals surface area contributed by atoms with Gasteiger partial charge in [-0.25, -0.2) is 4.79 Å². The largest absolute Gasteiger partial charge is 0.449 e. The molecule has 0 fully saturated rings. The molecule has 0 heterocycles. The minimum atomic E-state index is -0.490. The van der Waals surface area contributed by atoms with Crippen LogP contribution in [0.15, 0.2) is 0 Å². The van der Waals surface area contributed by atoms with Gasteiger partial charge in [0.15, 0.2) is 5.11 Å². The number of carbonyl (C=O) groups is 1. The van der Waals surface area contributed by atoms with Gasteiger partial charge in [-0.1, -0.05) is 6.92 Å². The van der Waals surface area contributed by atoms with Gasteiger partial charge in [-0.05, 0) is 18.6 Å². The van der Waals surface area contributed by atoms with Crippen LogP contribution in [0.3, 0.4) is 0 Å². The minimum absolute atomic E-state index is 0.358. The van der Waals surface area contributed by atoms with E-state index in [2.05, 4.69) is 5.32 Å².